The van der Waals surface area contributed by atoms with Gasteiger partial charge in [-0.1, -0.05) is 35.5 Å². The molecular weight excluding hydrogens is 242 g/mol. The molecule has 1 atom stereocenters. The number of hydrogen-bond donors (Lipinski definition) is 1. The first-order chi connectivity index (χ1) is 9.08. The molecule has 0 spiro atoms. The van der Waals surface area contributed by atoms with Gasteiger partial charge in [-0.2, -0.15) is 0 Å². The molecule has 0 unspecified atom stereocenters. The molecule has 2 rings (SSSR count). The number of hydrogen-bond acceptors (Lipinski definition) is 4. The van der Waals surface area contributed by atoms with Crippen LogP contribution < -0.4 is 5.73 Å². The summed E-state index contributed by atoms with van der Waals surface area (Å²) in [7, 11) is 1.70. The monoisotopic (exact) mass is 259 g/mol. The van der Waals surface area contributed by atoms with Gasteiger partial charge in [0.2, 0.25) is 5.91 Å². The van der Waals surface area contributed by atoms with Crippen LogP contribution in [0.5, 0.6) is 0 Å². The van der Waals surface area contributed by atoms with Crippen molar-refractivity contribution >= 4 is 5.91 Å². The summed E-state index contributed by atoms with van der Waals surface area (Å²) < 4.78 is 4.97. The average Bonchev–Trinajstić information content (AvgIpc) is 2.83. The third-order valence-corrected chi connectivity index (χ3v) is 2.88. The van der Waals surface area contributed by atoms with Crippen molar-refractivity contribution in [3.05, 3.63) is 53.4 Å². The van der Waals surface area contributed by atoms with Gasteiger partial charge < -0.3 is 15.2 Å². The van der Waals surface area contributed by atoms with Crippen molar-refractivity contribution in [1.29, 1.82) is 0 Å². The maximum Gasteiger partial charge on any atom is 0.244 e. The van der Waals surface area contributed by atoms with Crippen LogP contribution in [0.15, 0.2) is 40.9 Å². The number of carbonyl (C=O) groups excluding carboxylic acids is 1. The summed E-state index contributed by atoms with van der Waals surface area (Å²) in [6.07, 6.45) is 0. The number of amides is 1. The predicted octanol–water partition coefficient (Wildman–Crippen LogP) is 1.64. The molecule has 1 aromatic heterocycles. The van der Waals surface area contributed by atoms with E-state index in [4.69, 9.17) is 10.3 Å². The van der Waals surface area contributed by atoms with Gasteiger partial charge in [-0.25, -0.2) is 0 Å². The van der Waals surface area contributed by atoms with Crippen LogP contribution in [-0.2, 0) is 11.3 Å². The SMILES string of the molecule is Cc1cc(CN(C)C(=O)[C@@H](N)c2ccccc2)no1. The highest BCUT2D eigenvalue weighted by molar-refractivity contribution is 5.82. The highest BCUT2D eigenvalue weighted by Crippen LogP contribution is 2.13. The van der Waals surface area contributed by atoms with Gasteiger partial charge in [0.15, 0.2) is 0 Å². The first-order valence-corrected chi connectivity index (χ1v) is 6.05. The molecule has 1 heterocycles. The zero-order chi connectivity index (χ0) is 13.8. The highest BCUT2D eigenvalue weighted by atomic mass is 16.5. The van der Waals surface area contributed by atoms with E-state index < -0.39 is 6.04 Å². The van der Waals surface area contributed by atoms with Crippen LogP contribution in [0, 0.1) is 6.92 Å². The Morgan fingerprint density at radius 3 is 2.68 bits per heavy atom. The fourth-order valence-electron chi connectivity index (χ4n) is 1.85. The van der Waals surface area contributed by atoms with Gasteiger partial charge in [0.25, 0.3) is 0 Å². The Bertz CT molecular complexity index is 551. The fraction of sp³-hybridized carbons (Fsp3) is 0.286. The number of aryl methyl sites for hydroxylation is 1. The van der Waals surface area contributed by atoms with E-state index in [1.54, 1.807) is 18.0 Å². The first kappa shape index (κ1) is 13.3. The molecule has 19 heavy (non-hydrogen) atoms. The minimum absolute atomic E-state index is 0.146. The average molecular weight is 259 g/mol. The molecule has 0 fully saturated rings. The molecule has 0 aliphatic rings. The van der Waals surface area contributed by atoms with Crippen LogP contribution >= 0.6 is 0 Å². The zero-order valence-electron chi connectivity index (χ0n) is 11.0. The summed E-state index contributed by atoms with van der Waals surface area (Å²) >= 11 is 0. The fourth-order valence-corrected chi connectivity index (χ4v) is 1.85. The lowest BCUT2D eigenvalue weighted by atomic mass is 10.1. The molecule has 5 nitrogen and oxygen atoms in total. The molecule has 0 bridgehead atoms. The van der Waals surface area contributed by atoms with Crippen LogP contribution in [0.4, 0.5) is 0 Å². The van der Waals surface area contributed by atoms with Gasteiger partial charge in [-0.3, -0.25) is 4.79 Å². The summed E-state index contributed by atoms with van der Waals surface area (Å²) in [6.45, 7) is 2.20. The summed E-state index contributed by atoms with van der Waals surface area (Å²) in [6, 6.07) is 10.5. The summed E-state index contributed by atoms with van der Waals surface area (Å²) in [5.74, 6) is 0.579. The first-order valence-electron chi connectivity index (χ1n) is 6.05. The van der Waals surface area contributed by atoms with Gasteiger partial charge in [0.1, 0.15) is 17.5 Å². The number of nitrogens with two attached hydrogens (primary N) is 1. The molecule has 0 aliphatic carbocycles. The molecule has 5 heteroatoms. The second kappa shape index (κ2) is 5.67. The van der Waals surface area contributed by atoms with Crippen molar-refractivity contribution in [2.24, 2.45) is 5.73 Å². The third-order valence-electron chi connectivity index (χ3n) is 2.88. The van der Waals surface area contributed by atoms with Gasteiger partial charge in [-0.15, -0.1) is 0 Å². The smallest absolute Gasteiger partial charge is 0.244 e. The second-order valence-electron chi connectivity index (χ2n) is 4.51. The number of carbonyl (C=O) groups is 1. The molecule has 0 saturated carbocycles. The van der Waals surface area contributed by atoms with Crippen molar-refractivity contribution in [3.8, 4) is 0 Å². The lowest BCUT2D eigenvalue weighted by Crippen LogP contribution is -2.35. The summed E-state index contributed by atoms with van der Waals surface area (Å²) in [4.78, 5) is 13.7. The van der Waals surface area contributed by atoms with Gasteiger partial charge in [0.05, 0.1) is 6.54 Å². The van der Waals surface area contributed by atoms with E-state index in [0.29, 0.717) is 12.2 Å². The zero-order valence-corrected chi connectivity index (χ0v) is 11.0. The topological polar surface area (TPSA) is 72.4 Å². The van der Waals surface area contributed by atoms with Crippen LogP contribution in [0.1, 0.15) is 23.1 Å². The molecule has 0 saturated heterocycles. The van der Waals surface area contributed by atoms with Crippen molar-refractivity contribution in [2.45, 2.75) is 19.5 Å². The molecular formula is C14H17N3O2. The Morgan fingerprint density at radius 2 is 2.11 bits per heavy atom. The van der Waals surface area contributed by atoms with E-state index >= 15 is 0 Å². The van der Waals surface area contributed by atoms with Crippen LogP contribution in [-0.4, -0.2) is 23.0 Å². The van der Waals surface area contributed by atoms with E-state index in [1.165, 1.54) is 0 Å². The maximum atomic E-state index is 12.2. The standard InChI is InChI=1S/C14H17N3O2/c1-10-8-12(16-19-10)9-17(2)14(18)13(15)11-6-4-3-5-7-11/h3-8,13H,9,15H2,1-2H3/t13-/m0/s1. The van der Waals surface area contributed by atoms with Crippen LogP contribution in [0.3, 0.4) is 0 Å². The van der Waals surface area contributed by atoms with E-state index in [-0.39, 0.29) is 5.91 Å². The van der Waals surface area contributed by atoms with Crippen LogP contribution in [0.25, 0.3) is 0 Å². The molecule has 1 aromatic carbocycles. The van der Waals surface area contributed by atoms with Gasteiger partial charge >= 0.3 is 0 Å². The van der Waals surface area contributed by atoms with Crippen LogP contribution in [0.2, 0.25) is 0 Å². The maximum absolute atomic E-state index is 12.2. The van der Waals surface area contributed by atoms with Crippen molar-refractivity contribution in [1.82, 2.24) is 10.1 Å². The van der Waals surface area contributed by atoms with E-state index in [2.05, 4.69) is 5.16 Å². The minimum Gasteiger partial charge on any atom is -0.361 e. The molecule has 1 amide bonds. The molecule has 2 aromatic rings. The summed E-state index contributed by atoms with van der Waals surface area (Å²) in [5, 5.41) is 3.86. The normalized spacial score (nSPS) is 12.2. The highest BCUT2D eigenvalue weighted by Gasteiger charge is 2.20. The number of nitrogens with zero attached hydrogens (tertiary/aromatic N) is 2. The number of likely N-dealkylation sites (N-methyl/N-ethyl adjacent to an activating group) is 1. The Labute approximate surface area is 112 Å². The number of rotatable bonds is 4. The van der Waals surface area contributed by atoms with Gasteiger partial charge in [-0.05, 0) is 12.5 Å². The molecule has 100 valence electrons. The van der Waals surface area contributed by atoms with Crippen molar-refractivity contribution in [2.75, 3.05) is 7.05 Å². The lowest BCUT2D eigenvalue weighted by Gasteiger charge is -2.20. The van der Waals surface area contributed by atoms with Gasteiger partial charge in [0, 0.05) is 13.1 Å². The molecule has 2 N–H and O–H groups in total. The minimum atomic E-state index is -0.654. The third kappa shape index (κ3) is 3.20. The Balaban J connectivity index is 2.03. The van der Waals surface area contributed by atoms with E-state index in [9.17, 15) is 4.79 Å². The van der Waals surface area contributed by atoms with Crippen molar-refractivity contribution < 1.29 is 9.32 Å². The molecule has 0 radical (unpaired) electrons. The summed E-state index contributed by atoms with van der Waals surface area (Å²) in [5.41, 5.74) is 7.48. The van der Waals surface area contributed by atoms with E-state index in [0.717, 1.165) is 11.3 Å². The Kier molecular flexibility index (Phi) is 3.97. The van der Waals surface area contributed by atoms with E-state index in [1.807, 2.05) is 37.3 Å². The lowest BCUT2D eigenvalue weighted by molar-refractivity contribution is -0.132. The number of aromatic nitrogens is 1. The second-order valence-corrected chi connectivity index (χ2v) is 4.51. The molecule has 0 aliphatic heterocycles. The predicted molar refractivity (Wildman–Crippen MR) is 71.1 cm³/mol. The largest absolute Gasteiger partial charge is 0.361 e. The Hall–Kier alpha value is -2.14. The van der Waals surface area contributed by atoms with Crippen molar-refractivity contribution in [3.63, 3.8) is 0 Å². The Morgan fingerprint density at radius 1 is 1.42 bits per heavy atom. The quantitative estimate of drug-likeness (QED) is 0.906. The number of benzene rings is 1.